The van der Waals surface area contributed by atoms with Crippen LogP contribution >= 0.6 is 0 Å². The first-order chi connectivity index (χ1) is 9.13. The fourth-order valence-corrected chi connectivity index (χ4v) is 3.01. The van der Waals surface area contributed by atoms with Crippen molar-refractivity contribution in [3.8, 4) is 0 Å². The van der Waals surface area contributed by atoms with Gasteiger partial charge in [-0.05, 0) is 39.2 Å². The normalized spacial score (nSPS) is 26.6. The van der Waals surface area contributed by atoms with Crippen molar-refractivity contribution in [2.24, 2.45) is 0 Å². The van der Waals surface area contributed by atoms with Crippen LogP contribution in [0.15, 0.2) is 12.4 Å². The summed E-state index contributed by atoms with van der Waals surface area (Å²) in [5.74, 6) is 0.863. The summed E-state index contributed by atoms with van der Waals surface area (Å²) in [7, 11) is 1.47. The number of carbonyl (C=O) groups is 1. The standard InChI is InChI=1S/C14H23N3O2/c1-4-7-16-14(13(18)19-3)6-5-12(10-14)17-9-8-15-11(17)2/h8-9,12,16H,4-7,10H2,1-3H3. The Morgan fingerprint density at radius 2 is 2.47 bits per heavy atom. The average Bonchev–Trinajstić information content (AvgIpc) is 3.02. The van der Waals surface area contributed by atoms with Gasteiger partial charge in [-0.3, -0.25) is 4.79 Å². The third kappa shape index (κ3) is 2.66. The van der Waals surface area contributed by atoms with Crippen LogP contribution in [-0.2, 0) is 9.53 Å². The molecule has 106 valence electrons. The van der Waals surface area contributed by atoms with Crippen molar-refractivity contribution in [1.29, 1.82) is 0 Å². The number of aromatic nitrogens is 2. The molecule has 1 fully saturated rings. The summed E-state index contributed by atoms with van der Waals surface area (Å²) in [6.07, 6.45) is 7.38. The average molecular weight is 265 g/mol. The third-order valence-corrected chi connectivity index (χ3v) is 4.03. The first-order valence-corrected chi connectivity index (χ1v) is 6.96. The molecular formula is C14H23N3O2. The molecule has 0 saturated heterocycles. The van der Waals surface area contributed by atoms with E-state index in [1.807, 2.05) is 19.3 Å². The van der Waals surface area contributed by atoms with Crippen molar-refractivity contribution in [1.82, 2.24) is 14.9 Å². The van der Waals surface area contributed by atoms with Crippen LogP contribution < -0.4 is 5.32 Å². The van der Waals surface area contributed by atoms with Crippen LogP contribution in [0.25, 0.3) is 0 Å². The number of carbonyl (C=O) groups excluding carboxylic acids is 1. The lowest BCUT2D eigenvalue weighted by atomic mass is 9.97. The number of rotatable bonds is 5. The highest BCUT2D eigenvalue weighted by molar-refractivity contribution is 5.81. The van der Waals surface area contributed by atoms with Crippen LogP contribution in [0.1, 0.15) is 44.5 Å². The van der Waals surface area contributed by atoms with Crippen LogP contribution in [-0.4, -0.2) is 34.7 Å². The lowest BCUT2D eigenvalue weighted by Gasteiger charge is -2.28. The fraction of sp³-hybridized carbons (Fsp3) is 0.714. The molecule has 1 aromatic heterocycles. The Labute approximate surface area is 114 Å². The molecule has 0 aromatic carbocycles. The van der Waals surface area contributed by atoms with Crippen molar-refractivity contribution in [3.05, 3.63) is 18.2 Å². The number of imidazole rings is 1. The highest BCUT2D eigenvalue weighted by Gasteiger charge is 2.46. The minimum Gasteiger partial charge on any atom is -0.468 e. The van der Waals surface area contributed by atoms with Gasteiger partial charge in [0.15, 0.2) is 0 Å². The van der Waals surface area contributed by atoms with Gasteiger partial charge in [0, 0.05) is 18.4 Å². The number of ether oxygens (including phenoxy) is 1. The van der Waals surface area contributed by atoms with E-state index in [-0.39, 0.29) is 5.97 Å². The Hall–Kier alpha value is -1.36. The Bertz CT molecular complexity index is 444. The minimum absolute atomic E-state index is 0.138. The van der Waals surface area contributed by atoms with E-state index in [0.717, 1.165) is 38.1 Å². The second kappa shape index (κ2) is 5.74. The van der Waals surface area contributed by atoms with E-state index >= 15 is 0 Å². The van der Waals surface area contributed by atoms with Gasteiger partial charge in [0.1, 0.15) is 11.4 Å². The first kappa shape index (κ1) is 14.1. The first-order valence-electron chi connectivity index (χ1n) is 6.96. The zero-order valence-electron chi connectivity index (χ0n) is 12.0. The molecule has 0 spiro atoms. The fourth-order valence-electron chi connectivity index (χ4n) is 3.01. The molecule has 1 heterocycles. The number of esters is 1. The zero-order valence-corrected chi connectivity index (χ0v) is 12.0. The van der Waals surface area contributed by atoms with Gasteiger partial charge in [0.25, 0.3) is 0 Å². The SMILES string of the molecule is CCCNC1(C(=O)OC)CCC(n2ccnc2C)C1. The number of hydrogen-bond acceptors (Lipinski definition) is 4. The maximum Gasteiger partial charge on any atom is 0.326 e. The van der Waals surface area contributed by atoms with Crippen LogP contribution in [0.5, 0.6) is 0 Å². The zero-order chi connectivity index (χ0) is 13.9. The van der Waals surface area contributed by atoms with Crippen molar-refractivity contribution < 1.29 is 9.53 Å². The quantitative estimate of drug-likeness (QED) is 0.825. The number of methoxy groups -OCH3 is 1. The van der Waals surface area contributed by atoms with Gasteiger partial charge in [-0.25, -0.2) is 4.98 Å². The second-order valence-electron chi connectivity index (χ2n) is 5.28. The van der Waals surface area contributed by atoms with E-state index in [4.69, 9.17) is 4.74 Å². The van der Waals surface area contributed by atoms with Gasteiger partial charge in [0.05, 0.1) is 7.11 Å². The number of aryl methyl sites for hydroxylation is 1. The predicted octanol–water partition coefficient (Wildman–Crippen LogP) is 1.83. The lowest BCUT2D eigenvalue weighted by molar-refractivity contribution is -0.148. The van der Waals surface area contributed by atoms with E-state index < -0.39 is 5.54 Å². The van der Waals surface area contributed by atoms with E-state index in [2.05, 4.69) is 21.8 Å². The van der Waals surface area contributed by atoms with Crippen LogP contribution in [0.4, 0.5) is 0 Å². The highest BCUT2D eigenvalue weighted by Crippen LogP contribution is 2.39. The third-order valence-electron chi connectivity index (χ3n) is 4.03. The minimum atomic E-state index is -0.522. The molecule has 2 atom stereocenters. The van der Waals surface area contributed by atoms with Crippen LogP contribution in [0.3, 0.4) is 0 Å². The van der Waals surface area contributed by atoms with Gasteiger partial charge < -0.3 is 14.6 Å². The molecule has 19 heavy (non-hydrogen) atoms. The Morgan fingerprint density at radius 1 is 1.68 bits per heavy atom. The van der Waals surface area contributed by atoms with Gasteiger partial charge in [0.2, 0.25) is 0 Å². The van der Waals surface area contributed by atoms with Gasteiger partial charge in [-0.2, -0.15) is 0 Å². The molecule has 0 amide bonds. The Morgan fingerprint density at radius 3 is 3.05 bits per heavy atom. The van der Waals surface area contributed by atoms with Gasteiger partial charge in [-0.15, -0.1) is 0 Å². The molecule has 2 unspecified atom stereocenters. The van der Waals surface area contributed by atoms with Crippen LogP contribution in [0.2, 0.25) is 0 Å². The number of hydrogen-bond donors (Lipinski definition) is 1. The summed E-state index contributed by atoms with van der Waals surface area (Å²) in [5, 5.41) is 3.40. The molecule has 1 saturated carbocycles. The number of nitrogens with zero attached hydrogens (tertiary/aromatic N) is 2. The van der Waals surface area contributed by atoms with Crippen molar-refractivity contribution >= 4 is 5.97 Å². The summed E-state index contributed by atoms with van der Waals surface area (Å²) in [6.45, 7) is 4.94. The molecular weight excluding hydrogens is 242 g/mol. The van der Waals surface area contributed by atoms with E-state index in [9.17, 15) is 4.79 Å². The van der Waals surface area contributed by atoms with Crippen molar-refractivity contribution in [3.63, 3.8) is 0 Å². The molecule has 5 nitrogen and oxygen atoms in total. The molecule has 0 aliphatic heterocycles. The van der Waals surface area contributed by atoms with E-state index in [0.29, 0.717) is 6.04 Å². The summed E-state index contributed by atoms with van der Waals surface area (Å²) < 4.78 is 7.17. The highest BCUT2D eigenvalue weighted by atomic mass is 16.5. The second-order valence-corrected chi connectivity index (χ2v) is 5.28. The summed E-state index contributed by atoms with van der Waals surface area (Å²) in [5.41, 5.74) is -0.522. The molecule has 0 bridgehead atoms. The van der Waals surface area contributed by atoms with E-state index in [1.54, 1.807) is 0 Å². The Kier molecular flexibility index (Phi) is 4.24. The molecule has 0 radical (unpaired) electrons. The van der Waals surface area contributed by atoms with Crippen molar-refractivity contribution in [2.45, 2.75) is 51.1 Å². The maximum absolute atomic E-state index is 12.1. The topological polar surface area (TPSA) is 56.1 Å². The predicted molar refractivity (Wildman–Crippen MR) is 72.9 cm³/mol. The maximum atomic E-state index is 12.1. The van der Waals surface area contributed by atoms with E-state index in [1.165, 1.54) is 7.11 Å². The molecule has 1 aliphatic rings. The largest absolute Gasteiger partial charge is 0.468 e. The number of nitrogens with one attached hydrogen (secondary N) is 1. The van der Waals surface area contributed by atoms with Crippen molar-refractivity contribution in [2.75, 3.05) is 13.7 Å². The molecule has 2 rings (SSSR count). The van der Waals surface area contributed by atoms with Gasteiger partial charge in [-0.1, -0.05) is 6.92 Å². The summed E-state index contributed by atoms with van der Waals surface area (Å²) in [4.78, 5) is 16.4. The van der Waals surface area contributed by atoms with Crippen LogP contribution in [0, 0.1) is 6.92 Å². The molecule has 1 aromatic rings. The molecule has 1 N–H and O–H groups in total. The van der Waals surface area contributed by atoms with Gasteiger partial charge >= 0.3 is 5.97 Å². The molecule has 5 heteroatoms. The molecule has 1 aliphatic carbocycles. The smallest absolute Gasteiger partial charge is 0.326 e. The monoisotopic (exact) mass is 265 g/mol. The summed E-state index contributed by atoms with van der Waals surface area (Å²) >= 11 is 0. The Balaban J connectivity index is 2.15. The lowest BCUT2D eigenvalue weighted by Crippen LogP contribution is -2.51. The summed E-state index contributed by atoms with van der Waals surface area (Å²) in [6, 6.07) is 0.325.